The number of likely N-dealkylation sites (N-methyl/N-ethyl adjacent to an activating group) is 2. The van der Waals surface area contributed by atoms with Crippen molar-refractivity contribution in [3.63, 3.8) is 0 Å². The van der Waals surface area contributed by atoms with Crippen LogP contribution >= 0.6 is 0 Å². The Morgan fingerprint density at radius 2 is 1.80 bits per heavy atom. The van der Waals surface area contributed by atoms with E-state index in [9.17, 15) is 0 Å². The van der Waals surface area contributed by atoms with Crippen molar-refractivity contribution >= 4 is 0 Å². The summed E-state index contributed by atoms with van der Waals surface area (Å²) in [4.78, 5) is 4.80. The Balaban J connectivity index is 2.75. The minimum atomic E-state index is 0.249. The molecule has 1 heterocycles. The molecule has 0 spiro atoms. The van der Waals surface area contributed by atoms with Crippen LogP contribution in [0.4, 0.5) is 0 Å². The summed E-state index contributed by atoms with van der Waals surface area (Å²) in [6, 6.07) is 0.694. The largest absolute Gasteiger partial charge is 0.287 e. The van der Waals surface area contributed by atoms with E-state index in [-0.39, 0.29) is 5.66 Å². The zero-order valence-corrected chi connectivity index (χ0v) is 7.68. The van der Waals surface area contributed by atoms with Gasteiger partial charge >= 0.3 is 0 Å². The van der Waals surface area contributed by atoms with E-state index in [4.69, 9.17) is 0 Å². The molecule has 0 bridgehead atoms. The lowest BCUT2D eigenvalue weighted by atomic mass is 10.2. The van der Waals surface area contributed by atoms with E-state index < -0.39 is 0 Å². The van der Waals surface area contributed by atoms with Gasteiger partial charge in [-0.3, -0.25) is 9.80 Å². The Labute approximate surface area is 63.8 Å². The average molecular weight is 142 g/mol. The Morgan fingerprint density at radius 1 is 1.30 bits per heavy atom. The third-order valence-corrected chi connectivity index (χ3v) is 3.00. The van der Waals surface area contributed by atoms with E-state index in [1.54, 1.807) is 0 Å². The fourth-order valence-electron chi connectivity index (χ4n) is 1.55. The third-order valence-electron chi connectivity index (χ3n) is 3.00. The average Bonchev–Trinajstić information content (AvgIpc) is 1.97. The van der Waals surface area contributed by atoms with Gasteiger partial charge in [0, 0.05) is 12.6 Å². The molecule has 0 aromatic rings. The molecule has 60 valence electrons. The lowest BCUT2D eigenvalue weighted by molar-refractivity contribution is 0.0786. The summed E-state index contributed by atoms with van der Waals surface area (Å²) in [6.45, 7) is 7.97. The maximum absolute atomic E-state index is 2.41. The monoisotopic (exact) mass is 142 g/mol. The minimum Gasteiger partial charge on any atom is -0.287 e. The molecule has 1 unspecified atom stereocenters. The van der Waals surface area contributed by atoms with E-state index in [1.165, 1.54) is 6.54 Å². The summed E-state index contributed by atoms with van der Waals surface area (Å²) in [6.07, 6.45) is 0. The standard InChI is InChI=1S/C8H18N2/c1-7-6-9(4)8(2,3)10(7)5/h7H,6H2,1-5H3. The molecule has 1 fully saturated rings. The highest BCUT2D eigenvalue weighted by Gasteiger charge is 2.38. The molecule has 0 aromatic carbocycles. The molecular formula is C8H18N2. The van der Waals surface area contributed by atoms with Gasteiger partial charge in [0.2, 0.25) is 0 Å². The van der Waals surface area contributed by atoms with Crippen molar-refractivity contribution < 1.29 is 0 Å². The molecule has 1 aliphatic heterocycles. The van der Waals surface area contributed by atoms with Crippen molar-refractivity contribution in [1.29, 1.82) is 0 Å². The first-order valence-electron chi connectivity index (χ1n) is 3.90. The molecule has 10 heavy (non-hydrogen) atoms. The summed E-state index contributed by atoms with van der Waals surface area (Å²) < 4.78 is 0. The van der Waals surface area contributed by atoms with Gasteiger partial charge in [0.15, 0.2) is 0 Å². The molecule has 1 aliphatic rings. The highest BCUT2D eigenvalue weighted by Crippen LogP contribution is 2.26. The second-order valence-corrected chi connectivity index (χ2v) is 3.83. The van der Waals surface area contributed by atoms with Crippen LogP contribution in [-0.2, 0) is 0 Å². The molecule has 0 aliphatic carbocycles. The van der Waals surface area contributed by atoms with Crippen LogP contribution in [0.3, 0.4) is 0 Å². The minimum absolute atomic E-state index is 0.249. The first kappa shape index (κ1) is 8.02. The number of hydrogen-bond acceptors (Lipinski definition) is 2. The third kappa shape index (κ3) is 0.956. The van der Waals surface area contributed by atoms with Gasteiger partial charge in [-0.1, -0.05) is 0 Å². The van der Waals surface area contributed by atoms with E-state index in [0.29, 0.717) is 6.04 Å². The van der Waals surface area contributed by atoms with Crippen molar-refractivity contribution in [3.05, 3.63) is 0 Å². The molecule has 0 aromatic heterocycles. The van der Waals surface area contributed by atoms with Gasteiger partial charge in [0.05, 0.1) is 5.66 Å². The van der Waals surface area contributed by atoms with Crippen molar-refractivity contribution in [3.8, 4) is 0 Å². The zero-order valence-electron chi connectivity index (χ0n) is 7.68. The van der Waals surface area contributed by atoms with Gasteiger partial charge in [-0.15, -0.1) is 0 Å². The predicted octanol–water partition coefficient (Wildman–Crippen LogP) is 0.988. The topological polar surface area (TPSA) is 6.48 Å². The summed E-state index contributed by atoms with van der Waals surface area (Å²) in [5.41, 5.74) is 0.249. The van der Waals surface area contributed by atoms with Crippen LogP contribution < -0.4 is 0 Å². The van der Waals surface area contributed by atoms with E-state index in [1.807, 2.05) is 0 Å². The van der Waals surface area contributed by atoms with Crippen LogP contribution in [0, 0.1) is 0 Å². The SMILES string of the molecule is CC1CN(C)C(C)(C)N1C. The lowest BCUT2D eigenvalue weighted by Gasteiger charge is -2.34. The Kier molecular flexibility index (Phi) is 1.77. The fourth-order valence-corrected chi connectivity index (χ4v) is 1.55. The normalized spacial score (nSPS) is 35.1. The molecule has 0 N–H and O–H groups in total. The van der Waals surface area contributed by atoms with Crippen LogP contribution in [0.15, 0.2) is 0 Å². The van der Waals surface area contributed by atoms with Crippen LogP contribution in [-0.4, -0.2) is 42.1 Å². The Hall–Kier alpha value is -0.0800. The molecule has 2 nitrogen and oxygen atoms in total. The highest BCUT2D eigenvalue weighted by molar-refractivity contribution is 4.90. The second kappa shape index (κ2) is 2.21. The van der Waals surface area contributed by atoms with Crippen LogP contribution in [0.25, 0.3) is 0 Å². The van der Waals surface area contributed by atoms with E-state index in [0.717, 1.165) is 0 Å². The quantitative estimate of drug-likeness (QED) is 0.497. The van der Waals surface area contributed by atoms with E-state index >= 15 is 0 Å². The molecule has 1 rings (SSSR count). The lowest BCUT2D eigenvalue weighted by Crippen LogP contribution is -2.45. The molecule has 0 saturated carbocycles. The first-order chi connectivity index (χ1) is 4.46. The fraction of sp³-hybridized carbons (Fsp3) is 1.00. The van der Waals surface area contributed by atoms with Gasteiger partial charge in [-0.2, -0.15) is 0 Å². The van der Waals surface area contributed by atoms with Gasteiger partial charge in [-0.25, -0.2) is 0 Å². The zero-order chi connectivity index (χ0) is 7.94. The predicted molar refractivity (Wildman–Crippen MR) is 43.9 cm³/mol. The van der Waals surface area contributed by atoms with Gasteiger partial charge in [0.25, 0.3) is 0 Å². The highest BCUT2D eigenvalue weighted by atomic mass is 15.4. The Morgan fingerprint density at radius 3 is 1.90 bits per heavy atom. The summed E-state index contributed by atoms with van der Waals surface area (Å²) in [5.74, 6) is 0. The summed E-state index contributed by atoms with van der Waals surface area (Å²) in [5, 5.41) is 0. The second-order valence-electron chi connectivity index (χ2n) is 3.83. The van der Waals surface area contributed by atoms with E-state index in [2.05, 4.69) is 44.7 Å². The van der Waals surface area contributed by atoms with Crippen molar-refractivity contribution in [1.82, 2.24) is 9.80 Å². The summed E-state index contributed by atoms with van der Waals surface area (Å²) in [7, 11) is 4.37. The van der Waals surface area contributed by atoms with Gasteiger partial charge < -0.3 is 0 Å². The van der Waals surface area contributed by atoms with Gasteiger partial charge in [0.1, 0.15) is 0 Å². The van der Waals surface area contributed by atoms with Crippen molar-refractivity contribution in [2.24, 2.45) is 0 Å². The van der Waals surface area contributed by atoms with Crippen LogP contribution in [0.5, 0.6) is 0 Å². The molecule has 1 saturated heterocycles. The smallest absolute Gasteiger partial charge is 0.0678 e. The molecule has 2 heteroatoms. The first-order valence-corrected chi connectivity index (χ1v) is 3.90. The van der Waals surface area contributed by atoms with Gasteiger partial charge in [-0.05, 0) is 34.9 Å². The van der Waals surface area contributed by atoms with Crippen LogP contribution in [0.2, 0.25) is 0 Å². The summed E-state index contributed by atoms with van der Waals surface area (Å²) >= 11 is 0. The molecule has 1 atom stereocenters. The number of hydrogen-bond donors (Lipinski definition) is 0. The molecular weight excluding hydrogens is 124 g/mol. The maximum atomic E-state index is 2.41. The van der Waals surface area contributed by atoms with Crippen LogP contribution in [0.1, 0.15) is 20.8 Å². The Bertz CT molecular complexity index is 131. The maximum Gasteiger partial charge on any atom is 0.0678 e. The number of nitrogens with zero attached hydrogens (tertiary/aromatic N) is 2. The number of rotatable bonds is 0. The molecule has 0 radical (unpaired) electrons. The van der Waals surface area contributed by atoms with Crippen molar-refractivity contribution in [2.45, 2.75) is 32.5 Å². The molecule has 0 amide bonds. The van der Waals surface area contributed by atoms with Crippen molar-refractivity contribution in [2.75, 3.05) is 20.6 Å².